The van der Waals surface area contributed by atoms with E-state index in [4.69, 9.17) is 17.3 Å². The molecule has 0 saturated carbocycles. The van der Waals surface area contributed by atoms with Gasteiger partial charge in [-0.25, -0.2) is 8.78 Å². The molecule has 2 N–H and O–H groups in total. The van der Waals surface area contributed by atoms with Crippen molar-refractivity contribution >= 4 is 11.6 Å². The molecule has 0 spiro atoms. The Morgan fingerprint density at radius 2 is 2.08 bits per heavy atom. The molecular weight excluding hydrogens is 196 g/mol. The van der Waals surface area contributed by atoms with Crippen molar-refractivity contribution in [2.45, 2.75) is 12.3 Å². The van der Waals surface area contributed by atoms with Crippen molar-refractivity contribution in [2.75, 3.05) is 6.54 Å². The zero-order valence-electron chi connectivity index (χ0n) is 6.88. The molecule has 0 bridgehead atoms. The van der Waals surface area contributed by atoms with E-state index in [2.05, 4.69) is 0 Å². The minimum atomic E-state index is -2.44. The van der Waals surface area contributed by atoms with Crippen LogP contribution in [-0.2, 0) is 0 Å². The highest BCUT2D eigenvalue weighted by molar-refractivity contribution is 6.30. The zero-order valence-corrected chi connectivity index (χ0v) is 7.64. The quantitative estimate of drug-likeness (QED) is 0.807. The zero-order chi connectivity index (χ0) is 9.84. The van der Waals surface area contributed by atoms with Crippen molar-refractivity contribution in [3.05, 3.63) is 34.9 Å². The molecule has 13 heavy (non-hydrogen) atoms. The van der Waals surface area contributed by atoms with E-state index in [1.807, 2.05) is 0 Å². The van der Waals surface area contributed by atoms with Crippen LogP contribution in [0, 0.1) is 0 Å². The van der Waals surface area contributed by atoms with Gasteiger partial charge in [-0.1, -0.05) is 23.7 Å². The van der Waals surface area contributed by atoms with Crippen molar-refractivity contribution in [1.29, 1.82) is 0 Å². The first kappa shape index (κ1) is 10.4. The molecule has 1 rings (SSSR count). The first-order valence-corrected chi connectivity index (χ1v) is 4.26. The largest absolute Gasteiger partial charge is 0.330 e. The van der Waals surface area contributed by atoms with Crippen molar-refractivity contribution in [2.24, 2.45) is 5.73 Å². The van der Waals surface area contributed by atoms with Crippen molar-refractivity contribution in [3.8, 4) is 0 Å². The molecule has 1 atom stereocenters. The third kappa shape index (κ3) is 2.64. The maximum Gasteiger partial charge on any atom is 0.246 e. The molecule has 0 aromatic heterocycles. The van der Waals surface area contributed by atoms with Gasteiger partial charge in [0.05, 0.1) is 5.92 Å². The van der Waals surface area contributed by atoms with Crippen LogP contribution in [0.5, 0.6) is 0 Å². The second kappa shape index (κ2) is 4.53. The molecule has 72 valence electrons. The van der Waals surface area contributed by atoms with E-state index in [1.165, 1.54) is 6.07 Å². The minimum Gasteiger partial charge on any atom is -0.330 e. The monoisotopic (exact) mass is 205 g/mol. The molecule has 1 aromatic rings. The molecule has 1 unspecified atom stereocenters. The summed E-state index contributed by atoms with van der Waals surface area (Å²) >= 11 is 5.66. The van der Waals surface area contributed by atoms with E-state index in [9.17, 15) is 8.78 Å². The van der Waals surface area contributed by atoms with Crippen molar-refractivity contribution in [3.63, 3.8) is 0 Å². The third-order valence-electron chi connectivity index (χ3n) is 1.83. The van der Waals surface area contributed by atoms with E-state index in [1.54, 1.807) is 18.2 Å². The van der Waals surface area contributed by atoms with Gasteiger partial charge in [-0.05, 0) is 17.7 Å². The van der Waals surface area contributed by atoms with Gasteiger partial charge in [-0.3, -0.25) is 0 Å². The molecule has 0 aliphatic heterocycles. The first-order chi connectivity index (χ1) is 6.15. The predicted molar refractivity (Wildman–Crippen MR) is 49.3 cm³/mol. The van der Waals surface area contributed by atoms with Crippen LogP contribution in [-0.4, -0.2) is 13.0 Å². The van der Waals surface area contributed by atoms with Gasteiger partial charge in [0.1, 0.15) is 0 Å². The van der Waals surface area contributed by atoms with Gasteiger partial charge >= 0.3 is 0 Å². The summed E-state index contributed by atoms with van der Waals surface area (Å²) in [6, 6.07) is 6.41. The highest BCUT2D eigenvalue weighted by atomic mass is 35.5. The van der Waals surface area contributed by atoms with E-state index >= 15 is 0 Å². The Morgan fingerprint density at radius 3 is 2.54 bits per heavy atom. The summed E-state index contributed by atoms with van der Waals surface area (Å²) in [6.07, 6.45) is -2.44. The summed E-state index contributed by atoms with van der Waals surface area (Å²) in [6.45, 7) is -0.0714. The van der Waals surface area contributed by atoms with E-state index in [0.717, 1.165) is 0 Å². The lowest BCUT2D eigenvalue weighted by Crippen LogP contribution is -2.19. The first-order valence-electron chi connectivity index (χ1n) is 3.89. The fourth-order valence-electron chi connectivity index (χ4n) is 1.12. The molecule has 0 amide bonds. The summed E-state index contributed by atoms with van der Waals surface area (Å²) in [5.41, 5.74) is 5.72. The van der Waals surface area contributed by atoms with Crippen LogP contribution < -0.4 is 5.73 Å². The van der Waals surface area contributed by atoms with E-state index < -0.39 is 12.3 Å². The fourth-order valence-corrected chi connectivity index (χ4v) is 1.32. The Bertz CT molecular complexity index is 278. The molecule has 0 radical (unpaired) electrons. The number of benzene rings is 1. The Hall–Kier alpha value is -0.670. The molecular formula is C9H10ClF2N. The molecule has 0 saturated heterocycles. The van der Waals surface area contributed by atoms with Crippen LogP contribution in [0.25, 0.3) is 0 Å². The van der Waals surface area contributed by atoms with Gasteiger partial charge < -0.3 is 5.73 Å². The second-order valence-electron chi connectivity index (χ2n) is 2.73. The van der Waals surface area contributed by atoms with Crippen LogP contribution in [0.3, 0.4) is 0 Å². The van der Waals surface area contributed by atoms with Gasteiger partial charge in [0, 0.05) is 11.6 Å². The molecule has 0 fully saturated rings. The fraction of sp³-hybridized carbons (Fsp3) is 0.333. The van der Waals surface area contributed by atoms with Gasteiger partial charge in [0.2, 0.25) is 6.43 Å². The number of halogens is 3. The summed E-state index contributed by atoms with van der Waals surface area (Å²) < 4.78 is 24.8. The number of hydrogen-bond donors (Lipinski definition) is 1. The molecule has 0 heterocycles. The number of nitrogens with two attached hydrogens (primary N) is 1. The molecule has 1 nitrogen and oxygen atoms in total. The second-order valence-corrected chi connectivity index (χ2v) is 3.17. The Balaban J connectivity index is 2.91. The number of hydrogen-bond acceptors (Lipinski definition) is 1. The maximum atomic E-state index is 12.4. The number of rotatable bonds is 3. The van der Waals surface area contributed by atoms with Gasteiger partial charge in [0.25, 0.3) is 0 Å². The van der Waals surface area contributed by atoms with Crippen LogP contribution in [0.2, 0.25) is 5.02 Å². The van der Waals surface area contributed by atoms with Crippen LogP contribution in [0.15, 0.2) is 24.3 Å². The number of alkyl halides is 2. The SMILES string of the molecule is NCC(c1cccc(Cl)c1)C(F)F. The van der Waals surface area contributed by atoms with Gasteiger partial charge in [0.15, 0.2) is 0 Å². The van der Waals surface area contributed by atoms with Crippen molar-refractivity contribution < 1.29 is 8.78 Å². The summed E-state index contributed by atoms with van der Waals surface area (Å²) in [7, 11) is 0. The average Bonchev–Trinajstić information content (AvgIpc) is 2.04. The lowest BCUT2D eigenvalue weighted by molar-refractivity contribution is 0.117. The summed E-state index contributed by atoms with van der Waals surface area (Å²) in [5.74, 6) is -0.918. The lowest BCUT2D eigenvalue weighted by Gasteiger charge is -2.13. The van der Waals surface area contributed by atoms with E-state index in [0.29, 0.717) is 10.6 Å². The molecule has 4 heteroatoms. The summed E-state index contributed by atoms with van der Waals surface area (Å²) in [4.78, 5) is 0. The predicted octanol–water partition coefficient (Wildman–Crippen LogP) is 2.65. The molecule has 1 aromatic carbocycles. The van der Waals surface area contributed by atoms with E-state index in [-0.39, 0.29) is 6.54 Å². The standard InChI is InChI=1S/C9H10ClF2N/c10-7-3-1-2-6(4-7)8(5-13)9(11)12/h1-4,8-9H,5,13H2. The van der Waals surface area contributed by atoms with Crippen LogP contribution >= 0.6 is 11.6 Å². The molecule has 0 aliphatic rings. The van der Waals surface area contributed by atoms with Gasteiger partial charge in [-0.15, -0.1) is 0 Å². The Labute approximate surface area is 80.5 Å². The highest BCUT2D eigenvalue weighted by Gasteiger charge is 2.20. The lowest BCUT2D eigenvalue weighted by atomic mass is 10.0. The average molecular weight is 206 g/mol. The highest BCUT2D eigenvalue weighted by Crippen LogP contribution is 2.24. The van der Waals surface area contributed by atoms with Crippen LogP contribution in [0.1, 0.15) is 11.5 Å². The maximum absolute atomic E-state index is 12.4. The topological polar surface area (TPSA) is 26.0 Å². The normalized spacial score (nSPS) is 13.3. The molecule has 0 aliphatic carbocycles. The summed E-state index contributed by atoms with van der Waals surface area (Å²) in [5, 5.41) is 0.455. The third-order valence-corrected chi connectivity index (χ3v) is 2.07. The smallest absolute Gasteiger partial charge is 0.246 e. The Kier molecular flexibility index (Phi) is 3.63. The minimum absolute atomic E-state index is 0.0714. The van der Waals surface area contributed by atoms with Crippen molar-refractivity contribution in [1.82, 2.24) is 0 Å². The van der Waals surface area contributed by atoms with Gasteiger partial charge in [-0.2, -0.15) is 0 Å². The van der Waals surface area contributed by atoms with Crippen LogP contribution in [0.4, 0.5) is 8.78 Å². The Morgan fingerprint density at radius 1 is 1.38 bits per heavy atom.